The Morgan fingerprint density at radius 2 is 1.64 bits per heavy atom. The van der Waals surface area contributed by atoms with Crippen molar-refractivity contribution in [3.05, 3.63) is 24.3 Å². The van der Waals surface area contributed by atoms with Crippen molar-refractivity contribution >= 4 is 5.71 Å². The van der Waals surface area contributed by atoms with Crippen molar-refractivity contribution in [2.24, 2.45) is 0 Å². The second kappa shape index (κ2) is 5.90. The molecule has 0 fully saturated rings. The number of hydrogen-bond donors (Lipinski definition) is 0. The molecule has 0 spiro atoms. The fourth-order valence-corrected chi connectivity index (χ4v) is 0.834. The lowest BCUT2D eigenvalue weighted by Crippen LogP contribution is -2.12. The molecule has 0 aliphatic heterocycles. The lowest BCUT2D eigenvalue weighted by molar-refractivity contribution is -0.491. The highest BCUT2D eigenvalue weighted by Crippen LogP contribution is 1.85. The van der Waals surface area contributed by atoms with E-state index < -0.39 is 0 Å². The summed E-state index contributed by atoms with van der Waals surface area (Å²) in [6.07, 6.45) is 8.34. The fraction of sp³-hybridized carbons (Fsp3) is 0.500. The summed E-state index contributed by atoms with van der Waals surface area (Å²) in [6.45, 7) is 7.26. The summed E-state index contributed by atoms with van der Waals surface area (Å²) >= 11 is 0. The molecular formula is C10H18N+. The van der Waals surface area contributed by atoms with Crippen LogP contribution in [0.15, 0.2) is 24.3 Å². The Kier molecular flexibility index (Phi) is 5.44. The Bertz CT molecular complexity index is 171. The van der Waals surface area contributed by atoms with Crippen molar-refractivity contribution in [2.75, 3.05) is 13.6 Å². The highest BCUT2D eigenvalue weighted by molar-refractivity contribution is 5.99. The minimum atomic E-state index is 1.05. The third-order valence-corrected chi connectivity index (χ3v) is 1.59. The van der Waals surface area contributed by atoms with Crippen molar-refractivity contribution in [1.82, 2.24) is 0 Å². The molecule has 0 amide bonds. The molecule has 0 aromatic carbocycles. The molecule has 1 heteroatoms. The quantitative estimate of drug-likeness (QED) is 0.431. The van der Waals surface area contributed by atoms with Gasteiger partial charge >= 0.3 is 0 Å². The van der Waals surface area contributed by atoms with Crippen molar-refractivity contribution in [3.63, 3.8) is 0 Å². The SMILES string of the molecule is CC=CC(/C=C\C)=[N+](/C)CC. The molecule has 0 heterocycles. The molecule has 0 bridgehead atoms. The minimum Gasteiger partial charge on any atom is -0.233 e. The van der Waals surface area contributed by atoms with Crippen LogP contribution >= 0.6 is 0 Å². The lowest BCUT2D eigenvalue weighted by Gasteiger charge is -1.94. The van der Waals surface area contributed by atoms with Crippen LogP contribution in [0.4, 0.5) is 0 Å². The zero-order valence-corrected chi connectivity index (χ0v) is 7.96. The van der Waals surface area contributed by atoms with E-state index in [0.717, 1.165) is 6.54 Å². The Balaban J connectivity index is 4.56. The van der Waals surface area contributed by atoms with Gasteiger partial charge in [0.1, 0.15) is 13.6 Å². The molecule has 0 aromatic rings. The number of hydrogen-bond acceptors (Lipinski definition) is 0. The van der Waals surface area contributed by atoms with Crippen LogP contribution in [0, 0.1) is 0 Å². The maximum Gasteiger partial charge on any atom is 0.198 e. The predicted molar refractivity (Wildman–Crippen MR) is 51.4 cm³/mol. The molecule has 62 valence electrons. The summed E-state index contributed by atoms with van der Waals surface area (Å²) in [7, 11) is 2.09. The van der Waals surface area contributed by atoms with E-state index in [0.29, 0.717) is 0 Å². The first kappa shape index (κ1) is 10.2. The summed E-state index contributed by atoms with van der Waals surface area (Å²) in [4.78, 5) is 0. The Morgan fingerprint density at radius 1 is 1.18 bits per heavy atom. The van der Waals surface area contributed by atoms with E-state index in [-0.39, 0.29) is 0 Å². The largest absolute Gasteiger partial charge is 0.233 e. The molecule has 0 saturated carbocycles. The molecule has 0 aromatic heterocycles. The Labute approximate surface area is 69.7 Å². The van der Waals surface area contributed by atoms with Crippen LogP contribution in [0.1, 0.15) is 20.8 Å². The molecular weight excluding hydrogens is 134 g/mol. The first-order valence-electron chi connectivity index (χ1n) is 4.09. The van der Waals surface area contributed by atoms with Gasteiger partial charge in [0.05, 0.1) is 0 Å². The minimum absolute atomic E-state index is 1.05. The van der Waals surface area contributed by atoms with E-state index in [4.69, 9.17) is 0 Å². The van der Waals surface area contributed by atoms with Gasteiger partial charge in [-0.1, -0.05) is 12.2 Å². The standard InChI is InChI=1S/C10H18N/c1-5-8-10(9-6-2)11(4)7-3/h5-6,8-9H,7H2,1-4H3/q+1/b8-5-,9-6?,11-10-. The molecule has 0 radical (unpaired) electrons. The second-order valence-electron chi connectivity index (χ2n) is 2.44. The van der Waals surface area contributed by atoms with E-state index in [1.54, 1.807) is 0 Å². The number of allylic oxidation sites excluding steroid dienone is 4. The van der Waals surface area contributed by atoms with Gasteiger partial charge in [-0.2, -0.15) is 0 Å². The third-order valence-electron chi connectivity index (χ3n) is 1.59. The maximum absolute atomic E-state index is 2.21. The highest BCUT2D eigenvalue weighted by atomic mass is 15.0. The van der Waals surface area contributed by atoms with Crippen LogP contribution in [0.3, 0.4) is 0 Å². The molecule has 0 unspecified atom stereocenters. The Morgan fingerprint density at radius 3 is 1.91 bits per heavy atom. The summed E-state index contributed by atoms with van der Waals surface area (Å²) in [5, 5.41) is 0. The van der Waals surface area contributed by atoms with Crippen LogP contribution in [-0.2, 0) is 0 Å². The molecule has 0 aliphatic carbocycles. The van der Waals surface area contributed by atoms with Gasteiger partial charge in [-0.25, -0.2) is 4.58 Å². The van der Waals surface area contributed by atoms with Gasteiger partial charge in [0, 0.05) is 12.2 Å². The Hall–Kier alpha value is -0.850. The highest BCUT2D eigenvalue weighted by Gasteiger charge is 1.97. The molecule has 0 atom stereocenters. The van der Waals surface area contributed by atoms with Crippen molar-refractivity contribution in [3.8, 4) is 0 Å². The normalized spacial score (nSPS) is 14.5. The van der Waals surface area contributed by atoms with E-state index in [2.05, 4.69) is 42.9 Å². The lowest BCUT2D eigenvalue weighted by atomic mass is 10.3. The van der Waals surface area contributed by atoms with Gasteiger partial charge in [0.2, 0.25) is 0 Å². The predicted octanol–water partition coefficient (Wildman–Crippen LogP) is 2.24. The average molecular weight is 152 g/mol. The summed E-state index contributed by atoms with van der Waals surface area (Å²) in [5.41, 5.74) is 1.26. The third kappa shape index (κ3) is 3.76. The zero-order valence-electron chi connectivity index (χ0n) is 7.96. The van der Waals surface area contributed by atoms with Crippen molar-refractivity contribution in [2.45, 2.75) is 20.8 Å². The topological polar surface area (TPSA) is 3.01 Å². The van der Waals surface area contributed by atoms with Crippen LogP contribution in [-0.4, -0.2) is 23.9 Å². The summed E-state index contributed by atoms with van der Waals surface area (Å²) in [6, 6.07) is 0. The second-order valence-corrected chi connectivity index (χ2v) is 2.44. The molecule has 0 aliphatic rings. The van der Waals surface area contributed by atoms with Crippen LogP contribution in [0.5, 0.6) is 0 Å². The number of nitrogens with zero attached hydrogens (tertiary/aromatic N) is 1. The van der Waals surface area contributed by atoms with E-state index in [1.807, 2.05) is 13.8 Å². The van der Waals surface area contributed by atoms with E-state index in [1.165, 1.54) is 5.71 Å². The smallest absolute Gasteiger partial charge is 0.198 e. The number of rotatable bonds is 3. The van der Waals surface area contributed by atoms with Gasteiger partial charge in [-0.05, 0) is 20.8 Å². The first-order chi connectivity index (χ1) is 5.26. The van der Waals surface area contributed by atoms with E-state index in [9.17, 15) is 0 Å². The molecule has 0 N–H and O–H groups in total. The summed E-state index contributed by atoms with van der Waals surface area (Å²) < 4.78 is 2.21. The van der Waals surface area contributed by atoms with Gasteiger partial charge in [-0.3, -0.25) is 0 Å². The van der Waals surface area contributed by atoms with Crippen LogP contribution < -0.4 is 0 Å². The van der Waals surface area contributed by atoms with E-state index >= 15 is 0 Å². The molecule has 0 rings (SSSR count). The maximum atomic E-state index is 2.21. The van der Waals surface area contributed by atoms with Gasteiger partial charge in [0.25, 0.3) is 0 Å². The van der Waals surface area contributed by atoms with Gasteiger partial charge < -0.3 is 0 Å². The van der Waals surface area contributed by atoms with Crippen molar-refractivity contribution < 1.29 is 4.58 Å². The van der Waals surface area contributed by atoms with Crippen molar-refractivity contribution in [1.29, 1.82) is 0 Å². The zero-order chi connectivity index (χ0) is 8.69. The average Bonchev–Trinajstić information content (AvgIpc) is 2.03. The monoisotopic (exact) mass is 152 g/mol. The molecule has 0 saturated heterocycles. The fourth-order valence-electron chi connectivity index (χ4n) is 0.834. The molecule has 11 heavy (non-hydrogen) atoms. The summed E-state index contributed by atoms with van der Waals surface area (Å²) in [5.74, 6) is 0. The van der Waals surface area contributed by atoms with Crippen LogP contribution in [0.2, 0.25) is 0 Å². The first-order valence-corrected chi connectivity index (χ1v) is 4.09. The van der Waals surface area contributed by atoms with Gasteiger partial charge in [0.15, 0.2) is 5.71 Å². The van der Waals surface area contributed by atoms with Crippen LogP contribution in [0.25, 0.3) is 0 Å². The van der Waals surface area contributed by atoms with Gasteiger partial charge in [-0.15, -0.1) is 0 Å². The molecule has 1 nitrogen and oxygen atoms in total.